The van der Waals surface area contributed by atoms with E-state index in [1.807, 2.05) is 30.3 Å². The van der Waals surface area contributed by atoms with Crippen molar-refractivity contribution in [2.75, 3.05) is 5.32 Å². The summed E-state index contributed by atoms with van der Waals surface area (Å²) in [4.78, 5) is 8.59. The van der Waals surface area contributed by atoms with Gasteiger partial charge in [-0.2, -0.15) is 5.26 Å². The van der Waals surface area contributed by atoms with Gasteiger partial charge < -0.3 is 5.32 Å². The van der Waals surface area contributed by atoms with E-state index >= 15 is 0 Å². The van der Waals surface area contributed by atoms with Gasteiger partial charge in [-0.1, -0.05) is 30.3 Å². The molecule has 0 aliphatic rings. The third kappa shape index (κ3) is 2.82. The number of nitrogens with zero attached hydrogens (tertiary/aromatic N) is 3. The van der Waals surface area contributed by atoms with Gasteiger partial charge in [-0.05, 0) is 24.6 Å². The Hall–Kier alpha value is -2.93. The summed E-state index contributed by atoms with van der Waals surface area (Å²) < 4.78 is 0. The van der Waals surface area contributed by atoms with Crippen LogP contribution in [-0.2, 0) is 0 Å². The van der Waals surface area contributed by atoms with Crippen molar-refractivity contribution in [2.24, 2.45) is 0 Å². The molecule has 1 N–H and O–H groups in total. The predicted molar refractivity (Wildman–Crippen MR) is 82.7 cm³/mol. The van der Waals surface area contributed by atoms with Crippen LogP contribution in [0.15, 0.2) is 54.9 Å². The zero-order valence-electron chi connectivity index (χ0n) is 11.6. The summed E-state index contributed by atoms with van der Waals surface area (Å²) in [5.74, 6) is 0.774. The highest BCUT2D eigenvalue weighted by atomic mass is 15.0. The van der Waals surface area contributed by atoms with E-state index in [2.05, 4.69) is 40.4 Å². The first kappa shape index (κ1) is 13.1. The Morgan fingerprint density at radius 3 is 2.67 bits per heavy atom. The van der Waals surface area contributed by atoms with Crippen LogP contribution in [0.4, 0.5) is 5.82 Å². The summed E-state index contributed by atoms with van der Waals surface area (Å²) in [6.07, 6.45) is 3.28. The average molecular weight is 274 g/mol. The summed E-state index contributed by atoms with van der Waals surface area (Å²) in [5.41, 5.74) is 2.53. The number of hydrogen-bond acceptors (Lipinski definition) is 4. The topological polar surface area (TPSA) is 61.6 Å². The second-order valence-electron chi connectivity index (χ2n) is 4.87. The zero-order valence-corrected chi connectivity index (χ0v) is 11.6. The van der Waals surface area contributed by atoms with E-state index in [0.29, 0.717) is 5.56 Å². The molecule has 4 nitrogen and oxygen atoms in total. The van der Waals surface area contributed by atoms with Gasteiger partial charge in [0.2, 0.25) is 0 Å². The molecule has 21 heavy (non-hydrogen) atoms. The first-order valence-electron chi connectivity index (χ1n) is 6.73. The van der Waals surface area contributed by atoms with E-state index in [0.717, 1.165) is 16.7 Å². The lowest BCUT2D eigenvalue weighted by atomic mass is 10.1. The maximum absolute atomic E-state index is 8.94. The molecule has 0 aliphatic heterocycles. The van der Waals surface area contributed by atoms with Gasteiger partial charge in [-0.3, -0.25) is 4.98 Å². The van der Waals surface area contributed by atoms with Crippen molar-refractivity contribution in [3.8, 4) is 6.07 Å². The highest BCUT2D eigenvalue weighted by Crippen LogP contribution is 2.20. The molecule has 0 fully saturated rings. The van der Waals surface area contributed by atoms with Crippen LogP contribution in [0, 0.1) is 11.3 Å². The minimum absolute atomic E-state index is 0.156. The van der Waals surface area contributed by atoms with Crippen LogP contribution in [0.2, 0.25) is 0 Å². The number of fused-ring (bicyclic) bond motifs is 1. The summed E-state index contributed by atoms with van der Waals surface area (Å²) in [6.45, 7) is 2.09. The SMILES string of the molecule is CC(Nc1cc2cc(C#N)cnc2cn1)c1ccccc1. The molecule has 2 aromatic heterocycles. The Morgan fingerprint density at radius 2 is 1.90 bits per heavy atom. The number of anilines is 1. The monoisotopic (exact) mass is 274 g/mol. The highest BCUT2D eigenvalue weighted by molar-refractivity contribution is 5.81. The normalized spacial score (nSPS) is 11.8. The molecule has 2 heterocycles. The van der Waals surface area contributed by atoms with Crippen LogP contribution in [0.25, 0.3) is 10.9 Å². The summed E-state index contributed by atoms with van der Waals surface area (Å²) in [6, 6.07) is 16.2. The van der Waals surface area contributed by atoms with E-state index in [4.69, 9.17) is 5.26 Å². The quantitative estimate of drug-likeness (QED) is 0.791. The van der Waals surface area contributed by atoms with Gasteiger partial charge in [0.05, 0.1) is 17.3 Å². The molecule has 0 bridgehead atoms. The van der Waals surface area contributed by atoms with Crippen molar-refractivity contribution < 1.29 is 0 Å². The van der Waals surface area contributed by atoms with Crippen molar-refractivity contribution in [3.05, 3.63) is 66.0 Å². The lowest BCUT2D eigenvalue weighted by molar-refractivity contribution is 0.875. The molecule has 3 aromatic rings. The van der Waals surface area contributed by atoms with E-state index in [1.165, 1.54) is 5.56 Å². The number of aromatic nitrogens is 2. The van der Waals surface area contributed by atoms with Gasteiger partial charge >= 0.3 is 0 Å². The van der Waals surface area contributed by atoms with Crippen molar-refractivity contribution >= 4 is 16.7 Å². The van der Waals surface area contributed by atoms with Crippen molar-refractivity contribution in [1.82, 2.24) is 9.97 Å². The molecule has 1 atom stereocenters. The molecule has 102 valence electrons. The van der Waals surface area contributed by atoms with Gasteiger partial charge in [0.25, 0.3) is 0 Å². The summed E-state index contributed by atoms with van der Waals surface area (Å²) in [5, 5.41) is 13.2. The Morgan fingerprint density at radius 1 is 1.10 bits per heavy atom. The lowest BCUT2D eigenvalue weighted by Gasteiger charge is -2.15. The van der Waals surface area contributed by atoms with E-state index in [-0.39, 0.29) is 6.04 Å². The predicted octanol–water partition coefficient (Wildman–Crippen LogP) is 3.67. The zero-order chi connectivity index (χ0) is 14.7. The van der Waals surface area contributed by atoms with Crippen molar-refractivity contribution in [2.45, 2.75) is 13.0 Å². The van der Waals surface area contributed by atoms with Gasteiger partial charge in [0.1, 0.15) is 11.9 Å². The third-order valence-corrected chi connectivity index (χ3v) is 3.36. The first-order valence-corrected chi connectivity index (χ1v) is 6.73. The second-order valence-corrected chi connectivity index (χ2v) is 4.87. The Kier molecular flexibility index (Phi) is 3.48. The van der Waals surface area contributed by atoms with Crippen LogP contribution >= 0.6 is 0 Å². The minimum atomic E-state index is 0.156. The molecule has 0 aliphatic carbocycles. The largest absolute Gasteiger partial charge is 0.364 e. The van der Waals surface area contributed by atoms with Crippen molar-refractivity contribution in [1.29, 1.82) is 5.26 Å². The summed E-state index contributed by atoms with van der Waals surface area (Å²) >= 11 is 0. The number of benzene rings is 1. The van der Waals surface area contributed by atoms with Crippen LogP contribution in [0.5, 0.6) is 0 Å². The standard InChI is InChI=1S/C17H14N4/c1-12(14-5-3-2-4-6-14)21-17-8-15-7-13(9-18)10-19-16(15)11-20-17/h2-8,10-12H,1H3,(H,20,21). The molecule has 1 aromatic carbocycles. The van der Waals surface area contributed by atoms with Crippen LogP contribution < -0.4 is 5.32 Å². The van der Waals surface area contributed by atoms with Gasteiger partial charge in [0, 0.05) is 17.6 Å². The number of hydrogen-bond donors (Lipinski definition) is 1. The second kappa shape index (κ2) is 5.59. The number of pyridine rings is 2. The van der Waals surface area contributed by atoms with E-state index in [9.17, 15) is 0 Å². The number of nitrogens with one attached hydrogen (secondary N) is 1. The molecule has 0 spiro atoms. The Bertz CT molecular complexity index is 806. The maximum Gasteiger partial charge on any atom is 0.127 e. The smallest absolute Gasteiger partial charge is 0.127 e. The fourth-order valence-electron chi connectivity index (χ4n) is 2.22. The number of rotatable bonds is 3. The first-order chi connectivity index (χ1) is 10.3. The fraction of sp³-hybridized carbons (Fsp3) is 0.118. The highest BCUT2D eigenvalue weighted by Gasteiger charge is 2.06. The minimum Gasteiger partial charge on any atom is -0.364 e. The third-order valence-electron chi connectivity index (χ3n) is 3.36. The molecule has 0 saturated heterocycles. The molecular weight excluding hydrogens is 260 g/mol. The van der Waals surface area contributed by atoms with Crippen LogP contribution in [-0.4, -0.2) is 9.97 Å². The van der Waals surface area contributed by atoms with E-state index < -0.39 is 0 Å². The molecule has 0 amide bonds. The van der Waals surface area contributed by atoms with Gasteiger partial charge in [-0.25, -0.2) is 4.98 Å². The Balaban J connectivity index is 1.89. The summed E-state index contributed by atoms with van der Waals surface area (Å²) in [7, 11) is 0. The van der Waals surface area contributed by atoms with Crippen LogP contribution in [0.3, 0.4) is 0 Å². The van der Waals surface area contributed by atoms with Gasteiger partial charge in [-0.15, -0.1) is 0 Å². The molecule has 0 saturated carbocycles. The molecule has 4 heteroatoms. The van der Waals surface area contributed by atoms with Gasteiger partial charge in [0.15, 0.2) is 0 Å². The van der Waals surface area contributed by atoms with Crippen molar-refractivity contribution in [3.63, 3.8) is 0 Å². The number of nitriles is 1. The average Bonchev–Trinajstić information content (AvgIpc) is 2.55. The Labute approximate surface area is 123 Å². The molecule has 3 rings (SSSR count). The molecule has 0 radical (unpaired) electrons. The van der Waals surface area contributed by atoms with Crippen LogP contribution in [0.1, 0.15) is 24.1 Å². The van der Waals surface area contributed by atoms with E-state index in [1.54, 1.807) is 12.4 Å². The molecular formula is C17H14N4. The lowest BCUT2D eigenvalue weighted by Crippen LogP contribution is -2.07. The fourth-order valence-corrected chi connectivity index (χ4v) is 2.22. The molecule has 1 unspecified atom stereocenters. The maximum atomic E-state index is 8.94.